The lowest BCUT2D eigenvalue weighted by Crippen LogP contribution is -2.34. The van der Waals surface area contributed by atoms with Crippen LogP contribution in [0.25, 0.3) is 0 Å². The van der Waals surface area contributed by atoms with Crippen LogP contribution in [-0.4, -0.2) is 43.3 Å². The third-order valence-electron chi connectivity index (χ3n) is 3.99. The Hall–Kier alpha value is -3.68. The highest BCUT2D eigenvalue weighted by molar-refractivity contribution is 5.99. The molecule has 2 amide bonds. The first-order valence-corrected chi connectivity index (χ1v) is 9.86. The van der Waals surface area contributed by atoms with Gasteiger partial charge in [0.05, 0.1) is 0 Å². The number of para-hydroxylation sites is 1. The number of ether oxygens (including phenoxy) is 2. The SMILES string of the molecule is CC(C)CC(=O)Nc1ccc(C(=O)COC(=O)CNC(=O)COc2ccccc2)cc1. The molecule has 8 nitrogen and oxygen atoms in total. The topological polar surface area (TPSA) is 111 Å². The molecule has 8 heteroatoms. The predicted octanol–water partition coefficient (Wildman–Crippen LogP) is 2.59. The Morgan fingerprint density at radius 1 is 0.871 bits per heavy atom. The molecule has 0 bridgehead atoms. The Morgan fingerprint density at radius 3 is 2.19 bits per heavy atom. The van der Waals surface area contributed by atoms with E-state index in [4.69, 9.17) is 9.47 Å². The Kier molecular flexibility index (Phi) is 9.22. The van der Waals surface area contributed by atoms with E-state index in [9.17, 15) is 19.2 Å². The average Bonchev–Trinajstić information content (AvgIpc) is 2.75. The molecule has 0 spiro atoms. The fourth-order valence-electron chi connectivity index (χ4n) is 2.49. The summed E-state index contributed by atoms with van der Waals surface area (Å²) in [4.78, 5) is 47.4. The second kappa shape index (κ2) is 12.1. The minimum atomic E-state index is -0.737. The summed E-state index contributed by atoms with van der Waals surface area (Å²) in [6.07, 6.45) is 0.408. The van der Waals surface area contributed by atoms with Crippen molar-refractivity contribution in [3.8, 4) is 5.75 Å². The number of hydrogen-bond acceptors (Lipinski definition) is 6. The molecular formula is C23H26N2O6. The molecule has 31 heavy (non-hydrogen) atoms. The van der Waals surface area contributed by atoms with Crippen molar-refractivity contribution in [1.29, 1.82) is 0 Å². The maximum Gasteiger partial charge on any atom is 0.325 e. The molecule has 0 atom stereocenters. The zero-order valence-electron chi connectivity index (χ0n) is 17.6. The van der Waals surface area contributed by atoms with E-state index in [1.807, 2.05) is 19.9 Å². The second-order valence-electron chi connectivity index (χ2n) is 7.19. The van der Waals surface area contributed by atoms with Crippen LogP contribution in [0.4, 0.5) is 5.69 Å². The maximum absolute atomic E-state index is 12.2. The number of hydrogen-bond donors (Lipinski definition) is 2. The molecule has 0 saturated heterocycles. The summed E-state index contributed by atoms with van der Waals surface area (Å²) in [6, 6.07) is 15.1. The largest absolute Gasteiger partial charge is 0.484 e. The number of nitrogens with one attached hydrogen (secondary N) is 2. The number of rotatable bonds is 11. The number of esters is 1. The monoisotopic (exact) mass is 426 g/mol. The summed E-state index contributed by atoms with van der Waals surface area (Å²) in [5, 5.41) is 5.12. The van der Waals surface area contributed by atoms with Crippen molar-refractivity contribution in [2.24, 2.45) is 5.92 Å². The summed E-state index contributed by atoms with van der Waals surface area (Å²) in [5.41, 5.74) is 0.926. The highest BCUT2D eigenvalue weighted by Gasteiger charge is 2.12. The predicted molar refractivity (Wildman–Crippen MR) is 115 cm³/mol. The Bertz CT molecular complexity index is 894. The number of carbonyl (C=O) groups excluding carboxylic acids is 4. The molecule has 2 rings (SSSR count). The Balaban J connectivity index is 1.68. The number of benzene rings is 2. The molecule has 0 saturated carbocycles. The third-order valence-corrected chi connectivity index (χ3v) is 3.99. The summed E-state index contributed by atoms with van der Waals surface area (Å²) < 4.78 is 10.2. The van der Waals surface area contributed by atoms with Crippen LogP contribution in [0.5, 0.6) is 5.75 Å². The van der Waals surface area contributed by atoms with Crippen LogP contribution in [0.3, 0.4) is 0 Å². The van der Waals surface area contributed by atoms with Gasteiger partial charge in [-0.15, -0.1) is 0 Å². The number of carbonyl (C=O) groups is 4. The van der Waals surface area contributed by atoms with Gasteiger partial charge in [0, 0.05) is 17.7 Å². The second-order valence-corrected chi connectivity index (χ2v) is 7.19. The van der Waals surface area contributed by atoms with Crippen LogP contribution in [0.1, 0.15) is 30.6 Å². The van der Waals surface area contributed by atoms with Gasteiger partial charge in [-0.05, 0) is 42.3 Å². The van der Waals surface area contributed by atoms with Crippen LogP contribution in [0.2, 0.25) is 0 Å². The summed E-state index contributed by atoms with van der Waals surface area (Å²) in [6.45, 7) is 2.84. The first-order valence-electron chi connectivity index (χ1n) is 9.86. The van der Waals surface area contributed by atoms with E-state index < -0.39 is 24.3 Å². The minimum Gasteiger partial charge on any atom is -0.484 e. The highest BCUT2D eigenvalue weighted by atomic mass is 16.5. The molecule has 164 valence electrons. The lowest BCUT2D eigenvalue weighted by molar-refractivity contribution is -0.143. The van der Waals surface area contributed by atoms with Crippen molar-refractivity contribution in [3.63, 3.8) is 0 Å². The molecule has 0 heterocycles. The van der Waals surface area contributed by atoms with Gasteiger partial charge < -0.3 is 20.1 Å². The van der Waals surface area contributed by atoms with Gasteiger partial charge in [-0.1, -0.05) is 32.0 Å². The van der Waals surface area contributed by atoms with E-state index in [1.165, 1.54) is 0 Å². The van der Waals surface area contributed by atoms with E-state index in [-0.39, 0.29) is 25.0 Å². The van der Waals surface area contributed by atoms with E-state index >= 15 is 0 Å². The molecule has 0 radical (unpaired) electrons. The van der Waals surface area contributed by atoms with E-state index in [2.05, 4.69) is 10.6 Å². The van der Waals surface area contributed by atoms with Gasteiger partial charge in [-0.2, -0.15) is 0 Å². The maximum atomic E-state index is 12.2. The van der Waals surface area contributed by atoms with Gasteiger partial charge >= 0.3 is 5.97 Å². The van der Waals surface area contributed by atoms with Gasteiger partial charge in [-0.25, -0.2) is 0 Å². The van der Waals surface area contributed by atoms with Crippen LogP contribution in [0.15, 0.2) is 54.6 Å². The standard InChI is InChI=1S/C23H26N2O6/c1-16(2)12-21(27)25-18-10-8-17(9-11-18)20(26)14-31-23(29)13-24-22(28)15-30-19-6-4-3-5-7-19/h3-11,16H,12-15H2,1-2H3,(H,24,28)(H,25,27). The van der Waals surface area contributed by atoms with Crippen LogP contribution < -0.4 is 15.4 Å². The van der Waals surface area contributed by atoms with Gasteiger partial charge in [0.2, 0.25) is 5.91 Å². The molecule has 2 aromatic carbocycles. The molecule has 0 aliphatic carbocycles. The van der Waals surface area contributed by atoms with Crippen molar-refractivity contribution in [3.05, 3.63) is 60.2 Å². The summed E-state index contributed by atoms with van der Waals surface area (Å²) in [7, 11) is 0. The van der Waals surface area contributed by atoms with Gasteiger partial charge in [0.25, 0.3) is 5.91 Å². The molecule has 0 aromatic heterocycles. The quantitative estimate of drug-likeness (QED) is 0.422. The first kappa shape index (κ1) is 23.6. The minimum absolute atomic E-state index is 0.0979. The van der Waals surface area contributed by atoms with E-state index in [0.717, 1.165) is 0 Å². The molecule has 0 aliphatic rings. The van der Waals surface area contributed by atoms with Gasteiger partial charge in [0.1, 0.15) is 12.3 Å². The molecular weight excluding hydrogens is 400 g/mol. The lowest BCUT2D eigenvalue weighted by atomic mass is 10.1. The highest BCUT2D eigenvalue weighted by Crippen LogP contribution is 2.12. The zero-order chi connectivity index (χ0) is 22.6. The fourth-order valence-corrected chi connectivity index (χ4v) is 2.49. The summed E-state index contributed by atoms with van der Waals surface area (Å²) in [5.74, 6) is -0.930. The van der Waals surface area contributed by atoms with Crippen LogP contribution in [0, 0.1) is 5.92 Å². The van der Waals surface area contributed by atoms with Crippen molar-refractivity contribution < 1.29 is 28.7 Å². The number of Topliss-reactive ketones (excluding diaryl/α,β-unsaturated/α-hetero) is 1. The molecule has 2 N–H and O–H groups in total. The molecule has 2 aromatic rings. The van der Waals surface area contributed by atoms with Crippen LogP contribution >= 0.6 is 0 Å². The smallest absolute Gasteiger partial charge is 0.325 e. The van der Waals surface area contributed by atoms with Gasteiger partial charge in [-0.3, -0.25) is 19.2 Å². The fraction of sp³-hybridized carbons (Fsp3) is 0.304. The summed E-state index contributed by atoms with van der Waals surface area (Å²) >= 11 is 0. The Morgan fingerprint density at radius 2 is 1.55 bits per heavy atom. The van der Waals surface area contributed by atoms with Crippen molar-refractivity contribution in [2.75, 3.05) is 25.1 Å². The van der Waals surface area contributed by atoms with E-state index in [0.29, 0.717) is 23.4 Å². The van der Waals surface area contributed by atoms with E-state index in [1.54, 1.807) is 48.5 Å². The normalized spacial score (nSPS) is 10.3. The number of amides is 2. The third kappa shape index (κ3) is 9.12. The first-order chi connectivity index (χ1) is 14.8. The van der Waals surface area contributed by atoms with Crippen LogP contribution in [-0.2, 0) is 19.1 Å². The Labute approximate surface area is 180 Å². The average molecular weight is 426 g/mol. The van der Waals surface area contributed by atoms with Crippen molar-refractivity contribution in [2.45, 2.75) is 20.3 Å². The molecule has 0 fully saturated rings. The number of anilines is 1. The lowest BCUT2D eigenvalue weighted by Gasteiger charge is -2.09. The van der Waals surface area contributed by atoms with Crippen molar-refractivity contribution >= 4 is 29.3 Å². The molecule has 0 unspecified atom stereocenters. The molecule has 0 aliphatic heterocycles. The van der Waals surface area contributed by atoms with Gasteiger partial charge in [0.15, 0.2) is 19.0 Å². The zero-order valence-corrected chi connectivity index (χ0v) is 17.6. The van der Waals surface area contributed by atoms with Crippen molar-refractivity contribution in [1.82, 2.24) is 5.32 Å². The number of ketones is 1.